The molecule has 3 rings (SSSR count). The number of methoxy groups -OCH3 is 2. The molecule has 1 atom stereocenters. The molecule has 0 bridgehead atoms. The minimum atomic E-state index is -0.190. The predicted molar refractivity (Wildman–Crippen MR) is 97.0 cm³/mol. The molecular weight excluding hydrogens is 334 g/mol. The number of benzene rings is 2. The summed E-state index contributed by atoms with van der Waals surface area (Å²) in [5, 5.41) is 3.01. The molecule has 2 aromatic carbocycles. The van der Waals surface area contributed by atoms with Crippen molar-refractivity contribution < 1.29 is 23.7 Å². The Hall–Kier alpha value is -2.89. The smallest absolute Gasteiger partial charge is 0.231 e. The number of nitrogens with one attached hydrogen (secondary N) is 1. The Balaban J connectivity index is 1.59. The van der Waals surface area contributed by atoms with Gasteiger partial charge >= 0.3 is 0 Å². The number of ether oxygens (including phenoxy) is 4. The van der Waals surface area contributed by atoms with Gasteiger partial charge in [-0.05, 0) is 49.2 Å². The standard InChI is InChI=1S/C20H23NO5/c1-13(16-11-15(23-2)6-8-17(16)24-3)21-20(22)9-5-14-4-7-18-19(10-14)26-12-25-18/h4,6-8,10-11,13H,5,9,12H2,1-3H3,(H,21,22). The van der Waals surface area contributed by atoms with E-state index in [-0.39, 0.29) is 18.7 Å². The molecular formula is C20H23NO5. The molecule has 0 saturated carbocycles. The van der Waals surface area contributed by atoms with Gasteiger partial charge in [-0.3, -0.25) is 4.79 Å². The van der Waals surface area contributed by atoms with Crippen molar-refractivity contribution in [2.45, 2.75) is 25.8 Å². The van der Waals surface area contributed by atoms with Crippen molar-refractivity contribution in [3.63, 3.8) is 0 Å². The van der Waals surface area contributed by atoms with Gasteiger partial charge in [-0.1, -0.05) is 6.07 Å². The van der Waals surface area contributed by atoms with Crippen molar-refractivity contribution >= 4 is 5.91 Å². The third kappa shape index (κ3) is 4.02. The first kappa shape index (κ1) is 17.9. The van der Waals surface area contributed by atoms with Gasteiger partial charge in [0.15, 0.2) is 11.5 Å². The van der Waals surface area contributed by atoms with Crippen molar-refractivity contribution in [2.75, 3.05) is 21.0 Å². The molecule has 1 N–H and O–H groups in total. The molecule has 1 aliphatic heterocycles. The normalized spacial score (nSPS) is 13.2. The lowest BCUT2D eigenvalue weighted by molar-refractivity contribution is -0.121. The predicted octanol–water partition coefficient (Wildman–Crippen LogP) is 3.24. The molecule has 138 valence electrons. The number of rotatable bonds is 7. The van der Waals surface area contributed by atoms with Gasteiger partial charge in [-0.15, -0.1) is 0 Å². The van der Waals surface area contributed by atoms with Gasteiger partial charge in [0.2, 0.25) is 12.7 Å². The van der Waals surface area contributed by atoms with Crippen LogP contribution in [-0.4, -0.2) is 26.9 Å². The van der Waals surface area contributed by atoms with E-state index in [1.54, 1.807) is 14.2 Å². The molecule has 2 aromatic rings. The third-order valence-electron chi connectivity index (χ3n) is 4.36. The highest BCUT2D eigenvalue weighted by atomic mass is 16.7. The van der Waals surface area contributed by atoms with Crippen LogP contribution in [0.1, 0.15) is 30.5 Å². The highest BCUT2D eigenvalue weighted by Crippen LogP contribution is 2.33. The van der Waals surface area contributed by atoms with Crippen molar-refractivity contribution in [3.8, 4) is 23.0 Å². The number of carbonyl (C=O) groups is 1. The Kier molecular flexibility index (Phi) is 5.51. The van der Waals surface area contributed by atoms with Gasteiger partial charge < -0.3 is 24.3 Å². The largest absolute Gasteiger partial charge is 0.497 e. The van der Waals surface area contributed by atoms with Crippen LogP contribution in [0.3, 0.4) is 0 Å². The molecule has 0 saturated heterocycles. The van der Waals surface area contributed by atoms with E-state index in [4.69, 9.17) is 18.9 Å². The summed E-state index contributed by atoms with van der Waals surface area (Å²) in [6.07, 6.45) is 1.01. The summed E-state index contributed by atoms with van der Waals surface area (Å²) >= 11 is 0. The SMILES string of the molecule is COc1ccc(OC)c(C(C)NC(=O)CCc2ccc3c(c2)OCO3)c1. The highest BCUT2D eigenvalue weighted by Gasteiger charge is 2.16. The average Bonchev–Trinajstić information content (AvgIpc) is 3.13. The third-order valence-corrected chi connectivity index (χ3v) is 4.36. The zero-order valence-corrected chi connectivity index (χ0v) is 15.2. The number of aryl methyl sites for hydroxylation is 1. The van der Waals surface area contributed by atoms with Gasteiger partial charge in [-0.25, -0.2) is 0 Å². The van der Waals surface area contributed by atoms with E-state index in [0.29, 0.717) is 12.8 Å². The lowest BCUT2D eigenvalue weighted by atomic mass is 10.1. The number of hydrogen-bond acceptors (Lipinski definition) is 5. The molecule has 1 amide bonds. The highest BCUT2D eigenvalue weighted by molar-refractivity contribution is 5.77. The molecule has 0 fully saturated rings. The molecule has 0 radical (unpaired) electrons. The van der Waals surface area contributed by atoms with E-state index < -0.39 is 0 Å². The van der Waals surface area contributed by atoms with Crippen molar-refractivity contribution in [2.24, 2.45) is 0 Å². The van der Waals surface area contributed by atoms with Gasteiger partial charge in [0.25, 0.3) is 0 Å². The van der Waals surface area contributed by atoms with E-state index >= 15 is 0 Å². The second-order valence-electron chi connectivity index (χ2n) is 6.08. The molecule has 6 heteroatoms. The molecule has 1 heterocycles. The molecule has 0 aromatic heterocycles. The summed E-state index contributed by atoms with van der Waals surface area (Å²) < 4.78 is 21.3. The average molecular weight is 357 g/mol. The maximum atomic E-state index is 12.3. The Morgan fingerprint density at radius 1 is 1.12 bits per heavy atom. The summed E-state index contributed by atoms with van der Waals surface area (Å²) in [5.74, 6) is 2.89. The number of carbonyl (C=O) groups excluding carboxylic acids is 1. The minimum Gasteiger partial charge on any atom is -0.497 e. The van der Waals surface area contributed by atoms with Crippen LogP contribution in [0, 0.1) is 0 Å². The lowest BCUT2D eigenvalue weighted by Gasteiger charge is -2.18. The first-order valence-corrected chi connectivity index (χ1v) is 8.50. The number of fused-ring (bicyclic) bond motifs is 1. The van der Waals surface area contributed by atoms with Crippen molar-refractivity contribution in [1.29, 1.82) is 0 Å². The summed E-state index contributed by atoms with van der Waals surface area (Å²) in [5.41, 5.74) is 1.92. The Bertz CT molecular complexity index is 790. The molecule has 26 heavy (non-hydrogen) atoms. The van der Waals surface area contributed by atoms with Gasteiger partial charge in [-0.2, -0.15) is 0 Å². The minimum absolute atomic E-state index is 0.0277. The maximum Gasteiger partial charge on any atom is 0.231 e. The van der Waals surface area contributed by atoms with E-state index in [2.05, 4.69) is 5.32 Å². The number of hydrogen-bond donors (Lipinski definition) is 1. The Morgan fingerprint density at radius 3 is 2.69 bits per heavy atom. The zero-order valence-electron chi connectivity index (χ0n) is 15.2. The maximum absolute atomic E-state index is 12.3. The van der Waals surface area contributed by atoms with Crippen molar-refractivity contribution in [1.82, 2.24) is 5.32 Å². The summed E-state index contributed by atoms with van der Waals surface area (Å²) in [7, 11) is 3.22. The van der Waals surface area contributed by atoms with Crippen LogP contribution < -0.4 is 24.3 Å². The first-order chi connectivity index (χ1) is 12.6. The van der Waals surface area contributed by atoms with Gasteiger partial charge in [0, 0.05) is 12.0 Å². The fourth-order valence-electron chi connectivity index (χ4n) is 2.92. The monoisotopic (exact) mass is 357 g/mol. The van der Waals surface area contributed by atoms with Crippen LogP contribution in [0.2, 0.25) is 0 Å². The van der Waals surface area contributed by atoms with Crippen LogP contribution in [0.4, 0.5) is 0 Å². The van der Waals surface area contributed by atoms with E-state index in [9.17, 15) is 4.79 Å². The van der Waals surface area contributed by atoms with Crippen LogP contribution in [-0.2, 0) is 11.2 Å². The summed E-state index contributed by atoms with van der Waals surface area (Å²) in [6.45, 7) is 2.18. The molecule has 1 aliphatic rings. The van der Waals surface area contributed by atoms with Crippen LogP contribution in [0.15, 0.2) is 36.4 Å². The lowest BCUT2D eigenvalue weighted by Crippen LogP contribution is -2.27. The topological polar surface area (TPSA) is 66.0 Å². The molecule has 1 unspecified atom stereocenters. The zero-order chi connectivity index (χ0) is 18.5. The van der Waals surface area contributed by atoms with Crippen LogP contribution >= 0.6 is 0 Å². The molecule has 0 aliphatic carbocycles. The second-order valence-corrected chi connectivity index (χ2v) is 6.08. The summed E-state index contributed by atoms with van der Waals surface area (Å²) in [4.78, 5) is 12.3. The fraction of sp³-hybridized carbons (Fsp3) is 0.350. The quantitative estimate of drug-likeness (QED) is 0.824. The summed E-state index contributed by atoms with van der Waals surface area (Å²) in [6, 6.07) is 11.1. The van der Waals surface area contributed by atoms with Crippen LogP contribution in [0.5, 0.6) is 23.0 Å². The molecule has 0 spiro atoms. The van der Waals surface area contributed by atoms with E-state index in [1.807, 2.05) is 43.3 Å². The van der Waals surface area contributed by atoms with Gasteiger partial charge in [0.05, 0.1) is 20.3 Å². The fourth-order valence-corrected chi connectivity index (χ4v) is 2.92. The van der Waals surface area contributed by atoms with Crippen LogP contribution in [0.25, 0.3) is 0 Å². The van der Waals surface area contributed by atoms with E-state index in [0.717, 1.165) is 34.1 Å². The Morgan fingerprint density at radius 2 is 1.92 bits per heavy atom. The Labute approximate surface area is 153 Å². The first-order valence-electron chi connectivity index (χ1n) is 8.50. The van der Waals surface area contributed by atoms with Gasteiger partial charge in [0.1, 0.15) is 11.5 Å². The number of amides is 1. The second kappa shape index (κ2) is 7.99. The van der Waals surface area contributed by atoms with Crippen molar-refractivity contribution in [3.05, 3.63) is 47.5 Å². The van der Waals surface area contributed by atoms with E-state index in [1.165, 1.54) is 0 Å². The molecule has 6 nitrogen and oxygen atoms in total.